The quantitative estimate of drug-likeness (QED) is 0.0464. The number of aldehydes is 1. The number of nitriles is 1. The lowest BCUT2D eigenvalue weighted by Crippen LogP contribution is -2.17. The maximum Gasteiger partial charge on any atom is 0.343 e. The van der Waals surface area contributed by atoms with Crippen molar-refractivity contribution in [2.45, 2.75) is 20.3 Å². The molecule has 0 atom stereocenters. The minimum atomic E-state index is -1.21. The van der Waals surface area contributed by atoms with Crippen LogP contribution in [0.5, 0.6) is 0 Å². The zero-order chi connectivity index (χ0) is 45.7. The van der Waals surface area contributed by atoms with Crippen molar-refractivity contribution in [1.82, 2.24) is 30.1 Å². The molecule has 0 saturated carbocycles. The Bertz CT molecular complexity index is 2560. The Morgan fingerprint density at radius 1 is 0.806 bits per heavy atom. The Balaban J connectivity index is 0.000000726. The van der Waals surface area contributed by atoms with Gasteiger partial charge in [-0.15, -0.1) is 11.3 Å². The van der Waals surface area contributed by atoms with Crippen molar-refractivity contribution < 1.29 is 43.2 Å². The van der Waals surface area contributed by atoms with Crippen molar-refractivity contribution in [3.8, 4) is 17.3 Å². The van der Waals surface area contributed by atoms with Gasteiger partial charge >= 0.3 is 11.9 Å². The van der Waals surface area contributed by atoms with E-state index in [0.717, 1.165) is 6.29 Å². The van der Waals surface area contributed by atoms with E-state index in [1.165, 1.54) is 82.6 Å². The number of nitrogens with zero attached hydrogens (tertiary/aromatic N) is 2. The number of thiophene rings is 1. The first-order chi connectivity index (χ1) is 29.2. The standard InChI is InChI=1S/C8H8N4O.C8H6N2O2.C7H7NO3.C6H5NO3.C5H3ClOS.C4H10O3.CH4/c9-7-4-6(11-12-7)5-2-1-3-10-8(5)13;9-4-3-7(11)6-2-1-5-10-8(6)12;1-11-7(10)5-3-2-4-8-6(5)9;8-5-4(6(9)10)2-1-3-7-5;6-5-2-1-4(3-7)8-5;1-5-4(6-2)7-3;/h1-4H,(H,10,13)(H3,9,11,12);1-2,5H,3H2,(H,10,12);2-4H,1H3,(H,8,9);1-3H,(H,7,8)(H,9,10);1-3H;4H,1-3H3;1H4. The van der Waals surface area contributed by atoms with Gasteiger partial charge in [-0.05, 0) is 60.7 Å². The number of aromatic nitrogens is 6. The van der Waals surface area contributed by atoms with Crippen LogP contribution in [0.1, 0.15) is 54.6 Å². The molecule has 0 fully saturated rings. The van der Waals surface area contributed by atoms with Gasteiger partial charge in [0.1, 0.15) is 16.9 Å². The lowest BCUT2D eigenvalue weighted by atomic mass is 10.1. The largest absolute Gasteiger partial charge is 0.477 e. The number of carbonyl (C=O) groups is 4. The van der Waals surface area contributed by atoms with E-state index in [4.69, 9.17) is 27.7 Å². The molecule has 0 aliphatic carbocycles. The zero-order valence-electron chi connectivity index (χ0n) is 32.6. The van der Waals surface area contributed by atoms with Crippen LogP contribution in [0.2, 0.25) is 4.34 Å². The van der Waals surface area contributed by atoms with E-state index in [-0.39, 0.29) is 36.1 Å². The van der Waals surface area contributed by atoms with Crippen molar-refractivity contribution in [3.63, 3.8) is 0 Å². The summed E-state index contributed by atoms with van der Waals surface area (Å²) in [5, 5.41) is 23.0. The maximum atomic E-state index is 11.3. The number of pyridine rings is 4. The van der Waals surface area contributed by atoms with Crippen molar-refractivity contribution in [1.29, 1.82) is 5.26 Å². The molecule has 6 aromatic rings. The number of ether oxygens (including phenoxy) is 4. The lowest BCUT2D eigenvalue weighted by molar-refractivity contribution is -0.252. The molecule has 0 radical (unpaired) electrons. The Labute approximate surface area is 361 Å². The third-order valence-electron chi connectivity index (χ3n) is 6.62. The average Bonchev–Trinajstić information content (AvgIpc) is 3.90. The molecule has 0 bridgehead atoms. The molecule has 21 nitrogen and oxygen atoms in total. The number of nitrogens with one attached hydrogen (secondary N) is 5. The third-order valence-corrected chi connectivity index (χ3v) is 7.78. The molecular weight excluding hydrogens is 856 g/mol. The molecular formula is C39H43ClN8O13S. The fourth-order valence-corrected chi connectivity index (χ4v) is 4.76. The monoisotopic (exact) mass is 898 g/mol. The topological polar surface area (TPSA) is 335 Å². The fraction of sp³-hybridized carbons (Fsp3) is 0.179. The number of rotatable bonds is 9. The summed E-state index contributed by atoms with van der Waals surface area (Å²) in [7, 11) is 5.77. The number of ketones is 1. The summed E-state index contributed by atoms with van der Waals surface area (Å²) in [5.41, 5.74) is 4.79. The number of anilines is 1. The van der Waals surface area contributed by atoms with Gasteiger partial charge in [-0.2, -0.15) is 10.4 Å². The molecule has 0 spiro atoms. The Hall–Kier alpha value is -7.55. The van der Waals surface area contributed by atoms with E-state index in [2.05, 4.69) is 49.1 Å². The van der Waals surface area contributed by atoms with Crippen LogP contribution in [0, 0.1) is 11.3 Å². The van der Waals surface area contributed by atoms with Gasteiger partial charge in [0.25, 0.3) is 28.7 Å². The number of halogens is 1. The van der Waals surface area contributed by atoms with Gasteiger partial charge in [0, 0.05) is 52.2 Å². The van der Waals surface area contributed by atoms with E-state index in [9.17, 15) is 38.4 Å². The van der Waals surface area contributed by atoms with E-state index in [0.29, 0.717) is 26.3 Å². The van der Waals surface area contributed by atoms with Gasteiger partial charge in [-0.3, -0.25) is 33.9 Å². The molecule has 0 aromatic carbocycles. The molecule has 8 N–H and O–H groups in total. The molecule has 0 amide bonds. The normalized spacial score (nSPS) is 9.31. The SMILES string of the molecule is C.COC(=O)c1ccc[nH]c1=O.COC(OC)OC.N#CCC(=O)c1ccc[nH]c1=O.Nc1cc(-c2ccc[nH]c2=O)[nH]n1.O=C(O)c1ccc[nH]c1=O.O=Cc1ccc(Cl)s1. The Kier molecular flexibility index (Phi) is 26.8. The van der Waals surface area contributed by atoms with Crippen LogP contribution < -0.4 is 28.0 Å². The van der Waals surface area contributed by atoms with Crippen molar-refractivity contribution in [3.05, 3.63) is 159 Å². The molecule has 62 heavy (non-hydrogen) atoms. The number of aromatic amines is 5. The Morgan fingerprint density at radius 2 is 1.29 bits per heavy atom. The van der Waals surface area contributed by atoms with Crippen LogP contribution in [0.25, 0.3) is 11.3 Å². The van der Waals surface area contributed by atoms with E-state index >= 15 is 0 Å². The summed E-state index contributed by atoms with van der Waals surface area (Å²) < 4.78 is 18.8. The number of nitrogens with two attached hydrogens (primary N) is 1. The second-order valence-electron chi connectivity index (χ2n) is 10.7. The van der Waals surface area contributed by atoms with Crippen molar-refractivity contribution in [2.75, 3.05) is 34.2 Å². The van der Waals surface area contributed by atoms with Crippen LogP contribution in [0.3, 0.4) is 0 Å². The number of Topliss-reactive ketones (excluding diaryl/α,β-unsaturated/α-hetero) is 1. The van der Waals surface area contributed by atoms with E-state index < -0.39 is 40.9 Å². The van der Waals surface area contributed by atoms with Crippen LogP contribution in [0.4, 0.5) is 5.82 Å². The van der Waals surface area contributed by atoms with Gasteiger partial charge in [0.15, 0.2) is 12.1 Å². The summed E-state index contributed by atoms with van der Waals surface area (Å²) in [4.78, 5) is 95.9. The number of aromatic carboxylic acids is 1. The predicted octanol–water partition coefficient (Wildman–Crippen LogP) is 4.11. The number of hydrogen-bond acceptors (Lipinski definition) is 16. The average molecular weight is 899 g/mol. The number of esters is 1. The van der Waals surface area contributed by atoms with Crippen LogP contribution in [-0.2, 0) is 18.9 Å². The van der Waals surface area contributed by atoms with Gasteiger partial charge in [-0.25, -0.2) is 9.59 Å². The highest BCUT2D eigenvalue weighted by Gasteiger charge is 2.09. The number of carbonyl (C=O) groups excluding carboxylic acids is 3. The van der Waals surface area contributed by atoms with Crippen LogP contribution in [-0.4, -0.2) is 94.2 Å². The molecule has 6 aromatic heterocycles. The minimum Gasteiger partial charge on any atom is -0.477 e. The molecule has 0 saturated heterocycles. The smallest absolute Gasteiger partial charge is 0.343 e. The zero-order valence-corrected chi connectivity index (χ0v) is 34.2. The van der Waals surface area contributed by atoms with Gasteiger partial charge in [0.05, 0.1) is 45.6 Å². The number of methoxy groups -OCH3 is 4. The second-order valence-corrected chi connectivity index (χ2v) is 12.4. The number of carboxylic acid groups (broad SMARTS) is 1. The molecule has 6 heterocycles. The highest BCUT2D eigenvalue weighted by molar-refractivity contribution is 7.17. The number of nitrogen functional groups attached to an aromatic ring is 1. The van der Waals surface area contributed by atoms with Crippen molar-refractivity contribution >= 4 is 52.8 Å². The summed E-state index contributed by atoms with van der Waals surface area (Å²) in [5.74, 6) is -1.90. The number of carboxylic acids is 1. The number of hydrogen-bond donors (Lipinski definition) is 7. The maximum absolute atomic E-state index is 11.3. The molecule has 0 aliphatic rings. The van der Waals surface area contributed by atoms with Crippen LogP contribution >= 0.6 is 22.9 Å². The summed E-state index contributed by atoms with van der Waals surface area (Å²) >= 11 is 6.78. The highest BCUT2D eigenvalue weighted by Crippen LogP contribution is 2.19. The fourth-order valence-electron chi connectivity index (χ4n) is 3.88. The third kappa shape index (κ3) is 19.9. The summed E-state index contributed by atoms with van der Waals surface area (Å²) in [6.45, 7) is -0.514. The first kappa shape index (κ1) is 54.5. The van der Waals surface area contributed by atoms with Gasteiger partial charge in [0.2, 0.25) is 0 Å². The first-order valence-electron chi connectivity index (χ1n) is 16.7. The second kappa shape index (κ2) is 30.5. The number of H-pyrrole nitrogens is 5. The first-order valence-corrected chi connectivity index (χ1v) is 17.9. The summed E-state index contributed by atoms with van der Waals surface area (Å²) in [6, 6.07) is 18.8. The molecule has 330 valence electrons. The van der Waals surface area contributed by atoms with Crippen molar-refractivity contribution in [2.24, 2.45) is 0 Å². The van der Waals surface area contributed by atoms with Crippen LogP contribution in [0.15, 0.2) is 111 Å². The lowest BCUT2D eigenvalue weighted by Gasteiger charge is -2.08. The molecule has 23 heteroatoms. The minimum absolute atomic E-state index is 0. The van der Waals surface area contributed by atoms with E-state index in [1.54, 1.807) is 54.7 Å². The summed E-state index contributed by atoms with van der Waals surface area (Å²) in [6.07, 6.45) is 6.38. The molecule has 0 aliphatic heterocycles. The predicted molar refractivity (Wildman–Crippen MR) is 229 cm³/mol. The molecule has 0 unspecified atom stereocenters. The highest BCUT2D eigenvalue weighted by atomic mass is 35.5. The van der Waals surface area contributed by atoms with E-state index in [1.807, 2.05) is 0 Å². The van der Waals surface area contributed by atoms with Gasteiger partial charge in [-0.1, -0.05) is 19.0 Å². The van der Waals surface area contributed by atoms with Gasteiger partial charge < -0.3 is 49.7 Å². The Morgan fingerprint density at radius 3 is 1.61 bits per heavy atom. The molecule has 6 rings (SSSR count).